The van der Waals surface area contributed by atoms with E-state index in [4.69, 9.17) is 9.15 Å². The molecule has 0 saturated heterocycles. The fourth-order valence-corrected chi connectivity index (χ4v) is 1.98. The zero-order valence-electron chi connectivity index (χ0n) is 10.4. The van der Waals surface area contributed by atoms with Gasteiger partial charge in [-0.25, -0.2) is 4.79 Å². The Morgan fingerprint density at radius 1 is 1.00 bits per heavy atom. The van der Waals surface area contributed by atoms with Gasteiger partial charge in [-0.3, -0.25) is 4.79 Å². The van der Waals surface area contributed by atoms with Crippen LogP contribution in [-0.4, -0.2) is 6.29 Å². The first kappa shape index (κ1) is 12.2. The zero-order valence-corrected chi connectivity index (χ0v) is 10.4. The number of carbonyl (C=O) groups is 1. The highest BCUT2D eigenvalue weighted by Crippen LogP contribution is 2.30. The summed E-state index contributed by atoms with van der Waals surface area (Å²) in [7, 11) is 0. The van der Waals surface area contributed by atoms with Crippen LogP contribution in [0, 0.1) is 0 Å². The molecule has 0 amide bonds. The number of ether oxygens (including phenoxy) is 1. The number of aldehydes is 1. The Morgan fingerprint density at radius 3 is 2.55 bits per heavy atom. The molecule has 0 aliphatic rings. The summed E-state index contributed by atoms with van der Waals surface area (Å²) in [5.41, 5.74) is -0.0237. The molecule has 0 atom stereocenters. The third-order valence-electron chi connectivity index (χ3n) is 2.86. The Kier molecular flexibility index (Phi) is 3.05. The van der Waals surface area contributed by atoms with Gasteiger partial charge in [-0.15, -0.1) is 0 Å². The predicted molar refractivity (Wildman–Crippen MR) is 74.4 cm³/mol. The average Bonchev–Trinajstić information content (AvgIpc) is 2.48. The fraction of sp³-hybridized carbons (Fsp3) is 0. The predicted octanol–water partition coefficient (Wildman–Crippen LogP) is 3.40. The fourth-order valence-electron chi connectivity index (χ4n) is 1.98. The third-order valence-corrected chi connectivity index (χ3v) is 2.86. The Hall–Kier alpha value is -2.88. The van der Waals surface area contributed by atoms with Crippen molar-refractivity contribution < 1.29 is 13.9 Å². The summed E-state index contributed by atoms with van der Waals surface area (Å²) < 4.78 is 10.9. The maximum absolute atomic E-state index is 11.5. The lowest BCUT2D eigenvalue weighted by Gasteiger charge is -2.08. The highest BCUT2D eigenvalue weighted by atomic mass is 16.5. The van der Waals surface area contributed by atoms with Crippen LogP contribution >= 0.6 is 0 Å². The molecule has 0 fully saturated rings. The number of hydrogen-bond acceptors (Lipinski definition) is 4. The van der Waals surface area contributed by atoms with Gasteiger partial charge >= 0.3 is 5.63 Å². The van der Waals surface area contributed by atoms with Crippen LogP contribution in [-0.2, 0) is 0 Å². The van der Waals surface area contributed by atoms with Gasteiger partial charge in [0.05, 0.1) is 0 Å². The minimum absolute atomic E-state index is 0.269. The normalized spacial score (nSPS) is 10.4. The molecule has 4 nitrogen and oxygen atoms in total. The molecule has 1 aromatic heterocycles. The van der Waals surface area contributed by atoms with Gasteiger partial charge in [-0.1, -0.05) is 30.3 Å². The third kappa shape index (κ3) is 2.19. The molecule has 0 N–H and O–H groups in total. The van der Waals surface area contributed by atoms with Crippen LogP contribution in [0.2, 0.25) is 0 Å². The van der Waals surface area contributed by atoms with Crippen molar-refractivity contribution in [3.8, 4) is 11.5 Å². The molecule has 1 heterocycles. The zero-order chi connectivity index (χ0) is 13.9. The summed E-state index contributed by atoms with van der Waals surface area (Å²) in [5.74, 6) is 1.02. The van der Waals surface area contributed by atoms with E-state index < -0.39 is 5.63 Å². The van der Waals surface area contributed by atoms with E-state index in [1.165, 1.54) is 6.07 Å². The summed E-state index contributed by atoms with van der Waals surface area (Å²) in [5, 5.41) is 0.549. The second-order valence-corrected chi connectivity index (χ2v) is 4.19. The highest BCUT2D eigenvalue weighted by Gasteiger charge is 2.10. The first-order chi connectivity index (χ1) is 9.78. The molecule has 0 radical (unpaired) electrons. The summed E-state index contributed by atoms with van der Waals surface area (Å²) in [6.45, 7) is 0. The van der Waals surface area contributed by atoms with E-state index in [1.807, 2.05) is 18.2 Å². The van der Waals surface area contributed by atoms with Crippen molar-refractivity contribution in [3.05, 3.63) is 70.6 Å². The average molecular weight is 266 g/mol. The summed E-state index contributed by atoms with van der Waals surface area (Å²) >= 11 is 0. The van der Waals surface area contributed by atoms with Gasteiger partial charge in [-0.2, -0.15) is 0 Å². The van der Waals surface area contributed by atoms with E-state index in [0.717, 1.165) is 0 Å². The molecule has 4 heteroatoms. The van der Waals surface area contributed by atoms with Crippen molar-refractivity contribution in [2.45, 2.75) is 0 Å². The van der Waals surface area contributed by atoms with Gasteiger partial charge in [0, 0.05) is 17.0 Å². The number of fused-ring (bicyclic) bond motifs is 1. The lowest BCUT2D eigenvalue weighted by atomic mass is 10.1. The number of hydrogen-bond donors (Lipinski definition) is 0. The maximum Gasteiger partial charge on any atom is 0.337 e. The lowest BCUT2D eigenvalue weighted by Crippen LogP contribution is -2.00. The molecule has 20 heavy (non-hydrogen) atoms. The van der Waals surface area contributed by atoms with E-state index in [-0.39, 0.29) is 11.1 Å². The Morgan fingerprint density at radius 2 is 1.80 bits per heavy atom. The Bertz CT molecular complexity index is 819. The van der Waals surface area contributed by atoms with Crippen molar-refractivity contribution in [1.29, 1.82) is 0 Å². The molecule has 0 spiro atoms. The monoisotopic (exact) mass is 266 g/mol. The van der Waals surface area contributed by atoms with Gasteiger partial charge in [0.15, 0.2) is 17.6 Å². The van der Waals surface area contributed by atoms with Crippen molar-refractivity contribution in [2.24, 2.45) is 0 Å². The molecule has 0 saturated carbocycles. The minimum atomic E-state index is -0.580. The van der Waals surface area contributed by atoms with Crippen molar-refractivity contribution in [2.75, 3.05) is 0 Å². The topological polar surface area (TPSA) is 56.5 Å². The quantitative estimate of drug-likeness (QED) is 0.538. The lowest BCUT2D eigenvalue weighted by molar-refractivity contribution is 0.112. The van der Waals surface area contributed by atoms with Crippen LogP contribution in [0.1, 0.15) is 10.4 Å². The molecule has 2 aromatic carbocycles. The highest BCUT2D eigenvalue weighted by molar-refractivity contribution is 5.97. The molecule has 0 bridgehead atoms. The second-order valence-electron chi connectivity index (χ2n) is 4.19. The molecule has 3 rings (SSSR count). The smallest absolute Gasteiger partial charge is 0.337 e. The van der Waals surface area contributed by atoms with Crippen molar-refractivity contribution >= 4 is 17.3 Å². The number of carbonyl (C=O) groups excluding carboxylic acids is 1. The summed E-state index contributed by atoms with van der Waals surface area (Å²) in [4.78, 5) is 22.5. The Balaban J connectivity index is 2.19. The maximum atomic E-state index is 11.5. The van der Waals surface area contributed by atoms with Crippen LogP contribution < -0.4 is 10.4 Å². The number of benzene rings is 2. The summed E-state index contributed by atoms with van der Waals surface area (Å²) in [6.07, 6.45) is 0.631. The van der Waals surface area contributed by atoms with Crippen LogP contribution in [0.25, 0.3) is 11.0 Å². The first-order valence-corrected chi connectivity index (χ1v) is 6.03. The van der Waals surface area contributed by atoms with E-state index in [9.17, 15) is 9.59 Å². The van der Waals surface area contributed by atoms with Gasteiger partial charge in [0.2, 0.25) is 0 Å². The number of rotatable bonds is 3. The molecular weight excluding hydrogens is 256 g/mol. The SMILES string of the molecule is O=Cc1cc(=O)oc2c(Oc3ccccc3)cccc12. The van der Waals surface area contributed by atoms with Crippen molar-refractivity contribution in [1.82, 2.24) is 0 Å². The molecule has 3 aromatic rings. The standard InChI is InChI=1S/C16H10O4/c17-10-11-9-15(18)20-16-13(11)7-4-8-14(16)19-12-5-2-1-3-6-12/h1-10H. The van der Waals surface area contributed by atoms with Gasteiger partial charge < -0.3 is 9.15 Å². The molecule has 0 unspecified atom stereocenters. The minimum Gasteiger partial charge on any atom is -0.453 e. The molecular formula is C16H10O4. The van der Waals surface area contributed by atoms with E-state index in [2.05, 4.69) is 0 Å². The van der Waals surface area contributed by atoms with E-state index >= 15 is 0 Å². The van der Waals surface area contributed by atoms with Crippen LogP contribution in [0.15, 0.2) is 63.8 Å². The van der Waals surface area contributed by atoms with Crippen LogP contribution in [0.4, 0.5) is 0 Å². The van der Waals surface area contributed by atoms with Crippen LogP contribution in [0.5, 0.6) is 11.5 Å². The summed E-state index contributed by atoms with van der Waals surface area (Å²) in [6, 6.07) is 15.4. The molecule has 98 valence electrons. The molecule has 0 aliphatic heterocycles. The van der Waals surface area contributed by atoms with Gasteiger partial charge in [0.1, 0.15) is 5.75 Å². The number of para-hydroxylation sites is 2. The van der Waals surface area contributed by atoms with E-state index in [1.54, 1.807) is 30.3 Å². The second kappa shape index (κ2) is 5.01. The first-order valence-electron chi connectivity index (χ1n) is 6.03. The van der Waals surface area contributed by atoms with Gasteiger partial charge in [-0.05, 0) is 18.2 Å². The Labute approximate surface area is 114 Å². The van der Waals surface area contributed by atoms with Crippen LogP contribution in [0.3, 0.4) is 0 Å². The van der Waals surface area contributed by atoms with Crippen molar-refractivity contribution in [3.63, 3.8) is 0 Å². The van der Waals surface area contributed by atoms with Gasteiger partial charge in [0.25, 0.3) is 0 Å². The van der Waals surface area contributed by atoms with E-state index in [0.29, 0.717) is 23.2 Å². The molecule has 0 aliphatic carbocycles. The largest absolute Gasteiger partial charge is 0.453 e.